The smallest absolute Gasteiger partial charge is 0.327 e. The summed E-state index contributed by atoms with van der Waals surface area (Å²) in [5, 5.41) is 0.560. The summed E-state index contributed by atoms with van der Waals surface area (Å²) in [5.41, 5.74) is 6.13. The van der Waals surface area contributed by atoms with Crippen LogP contribution in [0.2, 0.25) is 0 Å². The maximum absolute atomic E-state index is 11.8. The van der Waals surface area contributed by atoms with Crippen molar-refractivity contribution in [1.82, 2.24) is 4.98 Å². The number of methoxy groups -OCH3 is 1. The lowest BCUT2D eigenvalue weighted by molar-refractivity contribution is -0.146. The number of aromatic nitrogens is 1. The van der Waals surface area contributed by atoms with Gasteiger partial charge < -0.3 is 14.9 Å². The zero-order valence-electron chi connectivity index (χ0n) is 10.9. The van der Waals surface area contributed by atoms with Crippen LogP contribution in [0.15, 0.2) is 9.64 Å². The molecule has 1 aromatic heterocycles. The molecule has 0 amide bonds. The molecule has 100 valence electrons. The molecule has 2 rings (SSSR count). The standard InChI is InChI=1S/C12H18N2O3S/c1-7-8(2)17-11(14-7)18-6-12(13,9-4-5-9)10(15)16-3/h9H,4-6,13H2,1-3H3. The third kappa shape index (κ3) is 2.54. The zero-order valence-corrected chi connectivity index (χ0v) is 11.7. The second-order valence-corrected chi connectivity index (χ2v) is 5.64. The van der Waals surface area contributed by atoms with Gasteiger partial charge in [0.15, 0.2) is 0 Å². The first-order chi connectivity index (χ1) is 8.47. The fourth-order valence-corrected chi connectivity index (χ4v) is 2.92. The van der Waals surface area contributed by atoms with E-state index in [4.69, 9.17) is 14.9 Å². The van der Waals surface area contributed by atoms with E-state index in [0.717, 1.165) is 24.3 Å². The molecule has 1 aliphatic rings. The van der Waals surface area contributed by atoms with Crippen molar-refractivity contribution in [2.45, 2.75) is 37.5 Å². The van der Waals surface area contributed by atoms with Crippen LogP contribution in [-0.4, -0.2) is 29.4 Å². The molecule has 6 heteroatoms. The molecular formula is C12H18N2O3S. The van der Waals surface area contributed by atoms with Gasteiger partial charge in [-0.25, -0.2) is 4.98 Å². The van der Waals surface area contributed by atoms with Crippen molar-refractivity contribution in [3.63, 3.8) is 0 Å². The minimum absolute atomic E-state index is 0.217. The van der Waals surface area contributed by atoms with Gasteiger partial charge in [0.2, 0.25) is 0 Å². The second kappa shape index (κ2) is 4.93. The minimum atomic E-state index is -0.921. The predicted molar refractivity (Wildman–Crippen MR) is 68.4 cm³/mol. The maximum Gasteiger partial charge on any atom is 0.327 e. The topological polar surface area (TPSA) is 78.4 Å². The molecule has 2 N–H and O–H groups in total. The Morgan fingerprint density at radius 2 is 2.28 bits per heavy atom. The first-order valence-electron chi connectivity index (χ1n) is 5.91. The highest BCUT2D eigenvalue weighted by molar-refractivity contribution is 7.99. The lowest BCUT2D eigenvalue weighted by Gasteiger charge is -2.25. The van der Waals surface area contributed by atoms with E-state index >= 15 is 0 Å². The first kappa shape index (κ1) is 13.4. The summed E-state index contributed by atoms with van der Waals surface area (Å²) in [7, 11) is 1.37. The number of ether oxygens (including phenoxy) is 1. The van der Waals surface area contributed by atoms with E-state index in [-0.39, 0.29) is 11.9 Å². The number of esters is 1. The molecule has 0 spiro atoms. The van der Waals surface area contributed by atoms with Crippen molar-refractivity contribution in [2.24, 2.45) is 11.7 Å². The normalized spacial score (nSPS) is 18.4. The lowest BCUT2D eigenvalue weighted by Crippen LogP contribution is -2.53. The highest BCUT2D eigenvalue weighted by atomic mass is 32.2. The summed E-state index contributed by atoms with van der Waals surface area (Å²) in [6, 6.07) is 0. The predicted octanol–water partition coefficient (Wildman–Crippen LogP) is 1.66. The van der Waals surface area contributed by atoms with Crippen LogP contribution in [0, 0.1) is 19.8 Å². The van der Waals surface area contributed by atoms with Gasteiger partial charge in [0.25, 0.3) is 5.22 Å². The number of carbonyl (C=O) groups excluding carboxylic acids is 1. The van der Waals surface area contributed by atoms with Crippen LogP contribution in [0.5, 0.6) is 0 Å². The summed E-state index contributed by atoms with van der Waals surface area (Å²) in [6.07, 6.45) is 1.96. The highest BCUT2D eigenvalue weighted by Gasteiger charge is 2.49. The average Bonchev–Trinajstić information content (AvgIpc) is 3.14. The molecule has 0 radical (unpaired) electrons. The van der Waals surface area contributed by atoms with E-state index in [1.54, 1.807) is 0 Å². The molecule has 0 aromatic carbocycles. The van der Waals surface area contributed by atoms with Gasteiger partial charge in [0.05, 0.1) is 12.8 Å². The van der Waals surface area contributed by atoms with Crippen LogP contribution in [0.25, 0.3) is 0 Å². The second-order valence-electron chi connectivity index (χ2n) is 4.72. The molecule has 18 heavy (non-hydrogen) atoms. The minimum Gasteiger partial charge on any atom is -0.468 e. The number of rotatable bonds is 5. The summed E-state index contributed by atoms with van der Waals surface area (Å²) < 4.78 is 10.3. The molecule has 1 atom stereocenters. The summed E-state index contributed by atoms with van der Waals surface area (Å²) >= 11 is 1.37. The van der Waals surface area contributed by atoms with Gasteiger partial charge >= 0.3 is 5.97 Å². The zero-order chi connectivity index (χ0) is 13.3. The fraction of sp³-hybridized carbons (Fsp3) is 0.667. The molecule has 1 aromatic rings. The molecule has 1 unspecified atom stereocenters. The molecule has 1 fully saturated rings. The van der Waals surface area contributed by atoms with Crippen molar-refractivity contribution < 1.29 is 13.9 Å². The maximum atomic E-state index is 11.8. The molecular weight excluding hydrogens is 252 g/mol. The Morgan fingerprint density at radius 1 is 1.61 bits per heavy atom. The van der Waals surface area contributed by atoms with Crippen LogP contribution in [0.4, 0.5) is 0 Å². The Balaban J connectivity index is 2.04. The quantitative estimate of drug-likeness (QED) is 0.647. The Bertz CT molecular complexity index is 437. The van der Waals surface area contributed by atoms with Crippen LogP contribution in [-0.2, 0) is 9.53 Å². The molecule has 0 bridgehead atoms. The van der Waals surface area contributed by atoms with Crippen molar-refractivity contribution in [3.8, 4) is 0 Å². The van der Waals surface area contributed by atoms with Gasteiger partial charge in [-0.15, -0.1) is 0 Å². The van der Waals surface area contributed by atoms with E-state index in [1.165, 1.54) is 18.9 Å². The van der Waals surface area contributed by atoms with Gasteiger partial charge in [-0.3, -0.25) is 4.79 Å². The molecule has 1 saturated carbocycles. The average molecular weight is 270 g/mol. The Hall–Kier alpha value is -1.01. The van der Waals surface area contributed by atoms with Crippen molar-refractivity contribution in [2.75, 3.05) is 12.9 Å². The Morgan fingerprint density at radius 3 is 2.72 bits per heavy atom. The largest absolute Gasteiger partial charge is 0.468 e. The number of nitrogens with zero attached hydrogens (tertiary/aromatic N) is 1. The lowest BCUT2D eigenvalue weighted by atomic mass is 9.97. The summed E-state index contributed by atoms with van der Waals surface area (Å²) in [5.74, 6) is 1.10. The van der Waals surface area contributed by atoms with E-state index in [0.29, 0.717) is 11.0 Å². The molecule has 1 heterocycles. The number of aryl methyl sites for hydroxylation is 2. The van der Waals surface area contributed by atoms with Gasteiger partial charge in [-0.05, 0) is 32.6 Å². The van der Waals surface area contributed by atoms with Crippen LogP contribution >= 0.6 is 11.8 Å². The molecule has 1 aliphatic carbocycles. The van der Waals surface area contributed by atoms with Crippen molar-refractivity contribution in [3.05, 3.63) is 11.5 Å². The Labute approximate surface area is 110 Å². The SMILES string of the molecule is COC(=O)C(N)(CSc1nc(C)c(C)o1)C1CC1. The highest BCUT2D eigenvalue weighted by Crippen LogP contribution is 2.41. The number of hydrogen-bond acceptors (Lipinski definition) is 6. The van der Waals surface area contributed by atoms with E-state index in [2.05, 4.69) is 4.98 Å². The van der Waals surface area contributed by atoms with Crippen molar-refractivity contribution in [1.29, 1.82) is 0 Å². The monoisotopic (exact) mass is 270 g/mol. The van der Waals surface area contributed by atoms with Gasteiger partial charge in [-0.1, -0.05) is 11.8 Å². The number of hydrogen-bond donors (Lipinski definition) is 1. The summed E-state index contributed by atoms with van der Waals surface area (Å²) in [6.45, 7) is 3.75. The van der Waals surface area contributed by atoms with Gasteiger partial charge in [-0.2, -0.15) is 0 Å². The van der Waals surface area contributed by atoms with E-state index in [1.807, 2.05) is 13.8 Å². The van der Waals surface area contributed by atoms with Gasteiger partial charge in [0.1, 0.15) is 11.3 Å². The Kier molecular flexibility index (Phi) is 3.68. The molecule has 5 nitrogen and oxygen atoms in total. The van der Waals surface area contributed by atoms with E-state index in [9.17, 15) is 4.79 Å². The number of carbonyl (C=O) groups is 1. The molecule has 0 saturated heterocycles. The van der Waals surface area contributed by atoms with Crippen LogP contribution in [0.3, 0.4) is 0 Å². The fourth-order valence-electron chi connectivity index (χ4n) is 1.82. The van der Waals surface area contributed by atoms with Crippen molar-refractivity contribution >= 4 is 17.7 Å². The number of oxazole rings is 1. The number of nitrogens with two attached hydrogens (primary N) is 1. The van der Waals surface area contributed by atoms with E-state index < -0.39 is 5.54 Å². The summed E-state index contributed by atoms with van der Waals surface area (Å²) in [4.78, 5) is 16.1. The third-order valence-corrected chi connectivity index (χ3v) is 4.36. The molecule has 0 aliphatic heterocycles. The number of thioether (sulfide) groups is 1. The third-order valence-electron chi connectivity index (χ3n) is 3.31. The van der Waals surface area contributed by atoms with Crippen LogP contribution in [0.1, 0.15) is 24.3 Å². The van der Waals surface area contributed by atoms with Crippen LogP contribution < -0.4 is 5.73 Å². The van der Waals surface area contributed by atoms with Gasteiger partial charge in [0, 0.05) is 5.75 Å². The first-order valence-corrected chi connectivity index (χ1v) is 6.90.